The van der Waals surface area contributed by atoms with Crippen molar-refractivity contribution in [3.63, 3.8) is 0 Å². The zero-order valence-electron chi connectivity index (χ0n) is 19.2. The van der Waals surface area contributed by atoms with Crippen LogP contribution >= 0.6 is 0 Å². The first-order valence-electron chi connectivity index (χ1n) is 11.7. The number of hydrogen-bond donors (Lipinski definition) is 0. The fraction of sp³-hybridized carbons (Fsp3) is 0. The van der Waals surface area contributed by atoms with Gasteiger partial charge < -0.3 is 0 Å². The van der Waals surface area contributed by atoms with E-state index in [9.17, 15) is 0 Å². The third-order valence-electron chi connectivity index (χ3n) is 5.83. The van der Waals surface area contributed by atoms with E-state index in [4.69, 9.17) is 0 Å². The molecule has 1 fully saturated rings. The Morgan fingerprint density at radius 1 is 0.200 bits per heavy atom. The number of rotatable bonds is 5. The van der Waals surface area contributed by atoms with E-state index in [0.29, 0.717) is 0 Å². The fourth-order valence-corrected chi connectivity index (χ4v) is 610. The molecule has 35 heavy (non-hydrogen) atoms. The second-order valence-corrected chi connectivity index (χ2v) is 102. The minimum atomic E-state index is -1.25. The molecule has 0 radical (unpaired) electrons. The summed E-state index contributed by atoms with van der Waals surface area (Å²) in [6, 6.07) is 59.5. The molecule has 1 heterocycles. The summed E-state index contributed by atoms with van der Waals surface area (Å²) in [5.74, 6) is 0. The van der Waals surface area contributed by atoms with Gasteiger partial charge >= 0.3 is 226 Å². The van der Waals surface area contributed by atoms with Crippen molar-refractivity contribution < 1.29 is 0 Å². The van der Waals surface area contributed by atoms with Crippen LogP contribution in [0.1, 0.15) is 0 Å². The summed E-state index contributed by atoms with van der Waals surface area (Å²) in [6.07, 6.45) is 0. The molecule has 0 N–H and O–H groups in total. The average Bonchev–Trinajstić information content (AvgIpc) is 3.32. The van der Waals surface area contributed by atoms with E-state index in [0.717, 1.165) is 0 Å². The van der Waals surface area contributed by atoms with Gasteiger partial charge in [-0.1, -0.05) is 0 Å². The molecule has 1 aliphatic heterocycles. The van der Waals surface area contributed by atoms with Crippen LogP contribution < -0.4 is 21.8 Å². The van der Waals surface area contributed by atoms with Gasteiger partial charge in [0.2, 0.25) is 0 Å². The first kappa shape index (κ1) is 24.2. The predicted octanol–water partition coefficient (Wildman–Crippen LogP) is 2.40. The molecule has 0 aliphatic carbocycles. The standard InChI is InChI=1S/C30H25As5/c1-6-16-26(17-7-1)31-32(27-18-8-2-9-19-27)34(29-22-12-4-13-23-29)35(30-24-14-5-15-25-30)33(31)28-20-10-3-11-21-28/h1-25H. The van der Waals surface area contributed by atoms with Crippen molar-refractivity contribution in [2.45, 2.75) is 0 Å². The molecule has 5 aromatic rings. The maximum absolute atomic E-state index is 2.52. The van der Waals surface area contributed by atoms with E-state index < -0.39 is 52.6 Å². The summed E-state index contributed by atoms with van der Waals surface area (Å²) < 4.78 is 8.87. The zero-order valence-corrected chi connectivity index (χ0v) is 28.6. The molecule has 1 aliphatic rings. The normalized spacial score (nSPS) is 23.7. The SMILES string of the molecule is c1ccc([As]2[As](c3ccccc3)[As](c3ccccc3)[As](c3ccccc3)[As]2c2ccccc2)cc1. The van der Waals surface area contributed by atoms with Crippen molar-refractivity contribution in [3.8, 4) is 0 Å². The van der Waals surface area contributed by atoms with Gasteiger partial charge in [0, 0.05) is 0 Å². The fourth-order valence-electron chi connectivity index (χ4n) is 4.30. The molecular weight excluding hydrogens is 735 g/mol. The molecule has 0 amide bonds. The summed E-state index contributed by atoms with van der Waals surface area (Å²) in [4.78, 5) is 0. The van der Waals surface area contributed by atoms with Crippen molar-refractivity contribution in [3.05, 3.63) is 152 Å². The van der Waals surface area contributed by atoms with Gasteiger partial charge in [-0.25, -0.2) is 0 Å². The Morgan fingerprint density at radius 2 is 0.343 bits per heavy atom. The maximum atomic E-state index is 2.52. The average molecular weight is 760 g/mol. The van der Waals surface area contributed by atoms with Gasteiger partial charge in [-0.2, -0.15) is 0 Å². The summed E-state index contributed by atoms with van der Waals surface area (Å²) in [7, 11) is -6.27. The monoisotopic (exact) mass is 760 g/mol. The predicted molar refractivity (Wildman–Crippen MR) is 159 cm³/mol. The zero-order chi connectivity index (χ0) is 23.5. The molecule has 5 heteroatoms. The molecule has 0 unspecified atom stereocenters. The van der Waals surface area contributed by atoms with Crippen molar-refractivity contribution in [2.75, 3.05) is 0 Å². The molecule has 5 aromatic carbocycles. The van der Waals surface area contributed by atoms with Gasteiger partial charge in [0.15, 0.2) is 0 Å². The molecule has 1 saturated heterocycles. The minimum absolute atomic E-state index is 1.25. The molecule has 0 aromatic heterocycles. The Hall–Kier alpha value is -1.11. The van der Waals surface area contributed by atoms with Gasteiger partial charge in [0.05, 0.1) is 0 Å². The second kappa shape index (κ2) is 11.5. The first-order valence-corrected chi connectivity index (χ1v) is 42.4. The van der Waals surface area contributed by atoms with Crippen molar-refractivity contribution in [2.24, 2.45) is 0 Å². The van der Waals surface area contributed by atoms with E-state index in [1.165, 1.54) is 0 Å². The van der Waals surface area contributed by atoms with Gasteiger partial charge in [-0.15, -0.1) is 0 Å². The third-order valence-corrected chi connectivity index (χ3v) is 253. The van der Waals surface area contributed by atoms with E-state index >= 15 is 0 Å². The van der Waals surface area contributed by atoms with Gasteiger partial charge in [0.1, 0.15) is 0 Å². The second-order valence-electron chi connectivity index (χ2n) is 8.12. The Bertz CT molecular complexity index is 1090. The van der Waals surface area contributed by atoms with Crippen molar-refractivity contribution in [1.29, 1.82) is 0 Å². The molecular formula is C30H25As5. The summed E-state index contributed by atoms with van der Waals surface area (Å²) in [6.45, 7) is 0. The molecule has 6 rings (SSSR count). The number of benzene rings is 5. The Balaban J connectivity index is 1.66. The van der Waals surface area contributed by atoms with Crippen LogP contribution in [0, 0.1) is 0 Å². The molecule has 0 saturated carbocycles. The Morgan fingerprint density at radius 3 is 0.486 bits per heavy atom. The first-order chi connectivity index (χ1) is 17.4. The Labute approximate surface area is 223 Å². The van der Waals surface area contributed by atoms with Gasteiger partial charge in [0.25, 0.3) is 0 Å². The van der Waals surface area contributed by atoms with Crippen LogP contribution in [0.25, 0.3) is 0 Å². The third kappa shape index (κ3) is 5.04. The van der Waals surface area contributed by atoms with Crippen LogP contribution in [0.4, 0.5) is 0 Å². The summed E-state index contributed by atoms with van der Waals surface area (Å²) in [5, 5.41) is 0. The summed E-state index contributed by atoms with van der Waals surface area (Å²) >= 11 is 0. The van der Waals surface area contributed by atoms with E-state index in [1.807, 2.05) is 0 Å². The van der Waals surface area contributed by atoms with Gasteiger partial charge in [-0.3, -0.25) is 0 Å². The van der Waals surface area contributed by atoms with Crippen LogP contribution in [0.15, 0.2) is 152 Å². The quantitative estimate of drug-likeness (QED) is 0.242. The van der Waals surface area contributed by atoms with Crippen LogP contribution in [0.3, 0.4) is 0 Å². The molecule has 0 nitrogen and oxygen atoms in total. The van der Waals surface area contributed by atoms with E-state index in [2.05, 4.69) is 152 Å². The van der Waals surface area contributed by atoms with Gasteiger partial charge in [-0.05, 0) is 0 Å². The molecule has 0 spiro atoms. The van der Waals surface area contributed by atoms with E-state index in [1.54, 1.807) is 21.8 Å². The van der Waals surface area contributed by atoms with Crippen LogP contribution in [-0.4, -0.2) is 52.6 Å². The van der Waals surface area contributed by atoms with Crippen LogP contribution in [0.2, 0.25) is 0 Å². The summed E-state index contributed by atoms with van der Waals surface area (Å²) in [5.41, 5.74) is 0. The van der Waals surface area contributed by atoms with Crippen molar-refractivity contribution >= 4 is 74.4 Å². The van der Waals surface area contributed by atoms with Crippen LogP contribution in [0.5, 0.6) is 0 Å². The number of hydrogen-bond acceptors (Lipinski definition) is 0. The molecule has 170 valence electrons. The molecule has 0 bridgehead atoms. The van der Waals surface area contributed by atoms with Crippen molar-refractivity contribution in [1.82, 2.24) is 0 Å². The molecule has 0 atom stereocenters. The topological polar surface area (TPSA) is 0 Å². The van der Waals surface area contributed by atoms with Crippen LogP contribution in [-0.2, 0) is 0 Å². The van der Waals surface area contributed by atoms with E-state index in [-0.39, 0.29) is 0 Å². The Kier molecular flexibility index (Phi) is 7.98.